The van der Waals surface area contributed by atoms with E-state index in [0.717, 1.165) is 41.0 Å². The number of hydrogen-bond donors (Lipinski definition) is 1. The van der Waals surface area contributed by atoms with Gasteiger partial charge in [-0.25, -0.2) is 4.79 Å². The summed E-state index contributed by atoms with van der Waals surface area (Å²) in [5, 5.41) is 7.41. The highest BCUT2D eigenvalue weighted by Gasteiger charge is 2.20. The van der Waals surface area contributed by atoms with Gasteiger partial charge in [0.2, 0.25) is 5.91 Å². The van der Waals surface area contributed by atoms with Crippen LogP contribution in [0.25, 0.3) is 0 Å². The molecule has 8 heteroatoms. The number of nitrogens with zero attached hydrogens (tertiary/aromatic N) is 3. The zero-order valence-electron chi connectivity index (χ0n) is 20.1. The van der Waals surface area contributed by atoms with Crippen LogP contribution < -0.4 is 10.2 Å². The summed E-state index contributed by atoms with van der Waals surface area (Å²) in [4.78, 5) is 38.5. The van der Waals surface area contributed by atoms with E-state index >= 15 is 0 Å². The number of aromatic nitrogens is 2. The van der Waals surface area contributed by atoms with E-state index in [1.807, 2.05) is 48.9 Å². The maximum atomic E-state index is 12.4. The minimum absolute atomic E-state index is 0.0966. The molecule has 1 aliphatic heterocycles. The van der Waals surface area contributed by atoms with Crippen molar-refractivity contribution in [3.8, 4) is 0 Å². The molecule has 182 valence electrons. The molecule has 1 N–H and O–H groups in total. The fraction of sp³-hybridized carbons (Fsp3) is 0.333. The van der Waals surface area contributed by atoms with Gasteiger partial charge in [0.05, 0.1) is 17.8 Å². The van der Waals surface area contributed by atoms with E-state index in [4.69, 9.17) is 4.74 Å². The molecular weight excluding hydrogens is 444 g/mol. The van der Waals surface area contributed by atoms with E-state index in [0.29, 0.717) is 31.6 Å². The summed E-state index contributed by atoms with van der Waals surface area (Å²) in [5.74, 6) is -0.873. The van der Waals surface area contributed by atoms with Crippen LogP contribution in [0.2, 0.25) is 0 Å². The minimum atomic E-state index is -0.584. The smallest absolute Gasteiger partial charge is 0.338 e. The monoisotopic (exact) mass is 474 g/mol. The van der Waals surface area contributed by atoms with Crippen molar-refractivity contribution in [2.75, 3.05) is 18.1 Å². The van der Waals surface area contributed by atoms with Gasteiger partial charge in [-0.15, -0.1) is 0 Å². The summed E-state index contributed by atoms with van der Waals surface area (Å²) in [7, 11) is 0. The van der Waals surface area contributed by atoms with Gasteiger partial charge in [-0.1, -0.05) is 30.3 Å². The molecule has 4 rings (SSSR count). The van der Waals surface area contributed by atoms with Gasteiger partial charge < -0.3 is 15.0 Å². The molecule has 1 fully saturated rings. The second-order valence-corrected chi connectivity index (χ2v) is 8.69. The Kier molecular flexibility index (Phi) is 7.60. The van der Waals surface area contributed by atoms with Crippen molar-refractivity contribution in [1.82, 2.24) is 15.1 Å². The van der Waals surface area contributed by atoms with Crippen LogP contribution in [-0.4, -0.2) is 40.7 Å². The SMILES string of the molecule is Cc1nn(Cc2ccccc2)c(C)c1CNC(=O)COC(=O)c1ccc(N2CCCCC2=O)cc1. The molecule has 0 unspecified atom stereocenters. The predicted molar refractivity (Wildman–Crippen MR) is 132 cm³/mol. The number of aryl methyl sites for hydroxylation is 1. The summed E-state index contributed by atoms with van der Waals surface area (Å²) in [6.07, 6.45) is 2.43. The Morgan fingerprint density at radius 3 is 2.49 bits per heavy atom. The first-order valence-electron chi connectivity index (χ1n) is 11.8. The summed E-state index contributed by atoms with van der Waals surface area (Å²) in [6, 6.07) is 16.8. The summed E-state index contributed by atoms with van der Waals surface area (Å²) < 4.78 is 7.10. The molecule has 2 heterocycles. The topological polar surface area (TPSA) is 93.5 Å². The predicted octanol–water partition coefficient (Wildman–Crippen LogP) is 3.54. The first-order chi connectivity index (χ1) is 16.9. The lowest BCUT2D eigenvalue weighted by atomic mass is 10.1. The van der Waals surface area contributed by atoms with Crippen molar-refractivity contribution in [2.45, 2.75) is 46.2 Å². The van der Waals surface area contributed by atoms with Crippen LogP contribution in [0, 0.1) is 13.8 Å². The fourth-order valence-corrected chi connectivity index (χ4v) is 4.21. The molecule has 0 atom stereocenters. The molecule has 1 aromatic heterocycles. The Balaban J connectivity index is 1.27. The van der Waals surface area contributed by atoms with Gasteiger partial charge in [-0.05, 0) is 56.5 Å². The van der Waals surface area contributed by atoms with Crippen LogP contribution in [0.3, 0.4) is 0 Å². The maximum Gasteiger partial charge on any atom is 0.338 e. The van der Waals surface area contributed by atoms with Crippen LogP contribution >= 0.6 is 0 Å². The Morgan fingerprint density at radius 2 is 1.77 bits per heavy atom. The number of esters is 1. The highest BCUT2D eigenvalue weighted by molar-refractivity contribution is 5.95. The number of rotatable bonds is 8. The number of hydrogen-bond acceptors (Lipinski definition) is 5. The van der Waals surface area contributed by atoms with Gasteiger partial charge in [0.25, 0.3) is 5.91 Å². The standard InChI is InChI=1S/C27H30N4O4/c1-19-24(20(2)31(29-19)17-21-8-4-3-5-9-21)16-28-25(32)18-35-27(34)22-11-13-23(14-12-22)30-15-7-6-10-26(30)33/h3-5,8-9,11-14H,6-7,10,15-18H2,1-2H3,(H,28,32). The van der Waals surface area contributed by atoms with E-state index in [1.165, 1.54) is 0 Å². The summed E-state index contributed by atoms with van der Waals surface area (Å²) >= 11 is 0. The zero-order chi connectivity index (χ0) is 24.8. The van der Waals surface area contributed by atoms with Crippen molar-refractivity contribution < 1.29 is 19.1 Å². The lowest BCUT2D eigenvalue weighted by Gasteiger charge is -2.26. The molecule has 2 aromatic carbocycles. The number of nitrogens with one attached hydrogen (secondary N) is 1. The number of carbonyl (C=O) groups is 3. The number of amides is 2. The average Bonchev–Trinajstić information content (AvgIpc) is 3.14. The molecule has 8 nitrogen and oxygen atoms in total. The highest BCUT2D eigenvalue weighted by atomic mass is 16.5. The fourth-order valence-electron chi connectivity index (χ4n) is 4.21. The van der Waals surface area contributed by atoms with Crippen LogP contribution in [-0.2, 0) is 27.4 Å². The Labute approximate surface area is 204 Å². The third-order valence-electron chi connectivity index (χ3n) is 6.24. The van der Waals surface area contributed by atoms with E-state index in [9.17, 15) is 14.4 Å². The van der Waals surface area contributed by atoms with E-state index in [2.05, 4.69) is 10.4 Å². The third kappa shape index (κ3) is 5.95. The normalized spacial score (nSPS) is 13.5. The molecule has 1 aliphatic rings. The molecule has 2 amide bonds. The van der Waals surface area contributed by atoms with Gasteiger partial charge in [0.1, 0.15) is 0 Å². The highest BCUT2D eigenvalue weighted by Crippen LogP contribution is 2.21. The van der Waals surface area contributed by atoms with Gasteiger partial charge in [0.15, 0.2) is 6.61 Å². The van der Waals surface area contributed by atoms with Gasteiger partial charge in [0, 0.05) is 36.5 Å². The molecule has 3 aromatic rings. The van der Waals surface area contributed by atoms with E-state index < -0.39 is 5.97 Å². The number of piperidine rings is 1. The van der Waals surface area contributed by atoms with Gasteiger partial charge >= 0.3 is 5.97 Å². The first kappa shape index (κ1) is 24.2. The molecule has 0 radical (unpaired) electrons. The second kappa shape index (κ2) is 11.0. The van der Waals surface area contributed by atoms with E-state index in [-0.39, 0.29) is 18.4 Å². The summed E-state index contributed by atoms with van der Waals surface area (Å²) in [5.41, 5.74) is 5.03. The zero-order valence-corrected chi connectivity index (χ0v) is 20.1. The van der Waals surface area contributed by atoms with Crippen LogP contribution in [0.1, 0.15) is 52.1 Å². The quantitative estimate of drug-likeness (QED) is 0.504. The van der Waals surface area contributed by atoms with Crippen molar-refractivity contribution >= 4 is 23.5 Å². The maximum absolute atomic E-state index is 12.4. The van der Waals surface area contributed by atoms with Crippen LogP contribution in [0.5, 0.6) is 0 Å². The minimum Gasteiger partial charge on any atom is -0.452 e. The van der Waals surface area contributed by atoms with Gasteiger partial charge in [-0.3, -0.25) is 14.3 Å². The molecular formula is C27H30N4O4. The average molecular weight is 475 g/mol. The van der Waals surface area contributed by atoms with Crippen LogP contribution in [0.15, 0.2) is 54.6 Å². The molecule has 0 saturated carbocycles. The van der Waals surface area contributed by atoms with Crippen molar-refractivity contribution in [1.29, 1.82) is 0 Å². The van der Waals surface area contributed by atoms with Crippen molar-refractivity contribution in [2.24, 2.45) is 0 Å². The number of carbonyl (C=O) groups excluding carboxylic acids is 3. The lowest BCUT2D eigenvalue weighted by Crippen LogP contribution is -2.35. The summed E-state index contributed by atoms with van der Waals surface area (Å²) in [6.45, 7) is 5.17. The number of anilines is 1. The molecule has 35 heavy (non-hydrogen) atoms. The third-order valence-corrected chi connectivity index (χ3v) is 6.24. The largest absolute Gasteiger partial charge is 0.452 e. The first-order valence-corrected chi connectivity index (χ1v) is 11.8. The Bertz CT molecular complexity index is 1200. The Morgan fingerprint density at radius 1 is 1.03 bits per heavy atom. The molecule has 0 aliphatic carbocycles. The molecule has 0 bridgehead atoms. The Hall–Kier alpha value is -3.94. The molecule has 0 spiro atoms. The lowest BCUT2D eigenvalue weighted by molar-refractivity contribution is -0.124. The number of benzene rings is 2. The molecule has 1 saturated heterocycles. The van der Waals surface area contributed by atoms with E-state index in [1.54, 1.807) is 29.2 Å². The second-order valence-electron chi connectivity index (χ2n) is 8.69. The van der Waals surface area contributed by atoms with Crippen molar-refractivity contribution in [3.63, 3.8) is 0 Å². The van der Waals surface area contributed by atoms with Crippen LogP contribution in [0.4, 0.5) is 5.69 Å². The van der Waals surface area contributed by atoms with Crippen molar-refractivity contribution in [3.05, 3.63) is 82.7 Å². The number of ether oxygens (including phenoxy) is 1. The van der Waals surface area contributed by atoms with Gasteiger partial charge in [-0.2, -0.15) is 5.10 Å².